The number of aromatic nitrogens is 2. The molecule has 0 saturated heterocycles. The Kier molecular flexibility index (Phi) is 8.13. The fourth-order valence-electron chi connectivity index (χ4n) is 4.47. The molecule has 0 aromatic carbocycles. The maximum Gasteiger partial charge on any atom is 0.278 e. The van der Waals surface area contributed by atoms with Gasteiger partial charge < -0.3 is 20.5 Å². The first kappa shape index (κ1) is 27.3. The Labute approximate surface area is 219 Å². The first-order valence-electron chi connectivity index (χ1n) is 12.7. The molecule has 0 unspecified atom stereocenters. The molecule has 9 nitrogen and oxygen atoms in total. The van der Waals surface area contributed by atoms with Crippen LogP contribution in [0.15, 0.2) is 47.4 Å². The summed E-state index contributed by atoms with van der Waals surface area (Å²) in [6, 6.07) is 3.26. The van der Waals surface area contributed by atoms with Crippen LogP contribution in [-0.4, -0.2) is 52.3 Å². The quantitative estimate of drug-likeness (QED) is 0.256. The number of hydrogen-bond acceptors (Lipinski definition) is 6. The van der Waals surface area contributed by atoms with Crippen LogP contribution in [0.3, 0.4) is 0 Å². The molecule has 4 rings (SSSR count). The van der Waals surface area contributed by atoms with E-state index in [1.807, 2.05) is 0 Å². The van der Waals surface area contributed by atoms with Gasteiger partial charge >= 0.3 is 0 Å². The molecule has 2 aromatic rings. The summed E-state index contributed by atoms with van der Waals surface area (Å²) in [6.07, 6.45) is 8.77. The topological polar surface area (TPSA) is 120 Å². The highest BCUT2D eigenvalue weighted by molar-refractivity contribution is 6.01. The largest absolute Gasteiger partial charge is 0.485 e. The highest BCUT2D eigenvalue weighted by atomic mass is 19.3. The van der Waals surface area contributed by atoms with E-state index < -0.39 is 18.4 Å². The van der Waals surface area contributed by atoms with Gasteiger partial charge in [-0.2, -0.15) is 5.10 Å². The van der Waals surface area contributed by atoms with E-state index in [0.717, 1.165) is 25.5 Å². The number of nitrogens with two attached hydrogens (primary N) is 1. The van der Waals surface area contributed by atoms with Gasteiger partial charge in [-0.05, 0) is 57.6 Å². The van der Waals surface area contributed by atoms with E-state index in [1.165, 1.54) is 18.5 Å². The van der Waals surface area contributed by atoms with Crippen LogP contribution in [-0.2, 0) is 9.53 Å². The lowest BCUT2D eigenvalue weighted by atomic mass is 9.92. The molecule has 3 N–H and O–H groups in total. The second-order valence-electron chi connectivity index (χ2n) is 9.94. The molecule has 0 atom stereocenters. The van der Waals surface area contributed by atoms with Gasteiger partial charge in [-0.25, -0.2) is 18.3 Å². The van der Waals surface area contributed by atoms with Gasteiger partial charge in [-0.15, -0.1) is 0 Å². The van der Waals surface area contributed by atoms with E-state index >= 15 is 0 Å². The zero-order valence-electron chi connectivity index (χ0n) is 21.6. The van der Waals surface area contributed by atoms with E-state index in [2.05, 4.69) is 22.0 Å². The molecule has 2 aliphatic rings. The fraction of sp³-hybridized carbons (Fsp3) is 0.481. The van der Waals surface area contributed by atoms with Crippen LogP contribution < -0.4 is 15.8 Å². The SMILES string of the molecule is C=C/C=N\C(O[C@H]1CC[C@H](NC(=O)c2cnn3c(C4CC4)c(OCC(C)(F)F)ccc23)CC1)=C(/C)C(N)=O. The van der Waals surface area contributed by atoms with Crippen LogP contribution >= 0.6 is 0 Å². The first-order chi connectivity index (χ1) is 18.1. The Balaban J connectivity index is 1.41. The van der Waals surface area contributed by atoms with Gasteiger partial charge in [-0.3, -0.25) is 9.59 Å². The van der Waals surface area contributed by atoms with Crippen LogP contribution in [0.25, 0.3) is 5.52 Å². The monoisotopic (exact) mass is 529 g/mol. The average Bonchev–Trinajstić information content (AvgIpc) is 3.62. The molecule has 204 valence electrons. The smallest absolute Gasteiger partial charge is 0.278 e. The number of allylic oxidation sites excluding steroid dienone is 1. The van der Waals surface area contributed by atoms with Gasteiger partial charge in [0, 0.05) is 25.1 Å². The molecule has 2 fully saturated rings. The molecule has 11 heteroatoms. The standard InChI is InChI=1S/C27H33F2N5O4/c1-4-13-31-26(16(2)24(30)35)38-19-9-7-18(8-10-19)33-25(36)20-14-32-34-21(20)11-12-22(23(34)17-5-6-17)37-15-27(3,28)29/h4,11-14,17-19H,1,5-10,15H2,2-3H3,(H2,30,35)(H,33,36)/b26-16-,31-13-/t18-,19-. The lowest BCUT2D eigenvalue weighted by molar-refractivity contribution is -0.114. The van der Waals surface area contributed by atoms with Gasteiger partial charge in [0.15, 0.2) is 6.61 Å². The summed E-state index contributed by atoms with van der Waals surface area (Å²) in [4.78, 5) is 28.9. The van der Waals surface area contributed by atoms with E-state index in [0.29, 0.717) is 42.5 Å². The normalized spacial score (nSPS) is 20.7. The molecule has 0 spiro atoms. The molecule has 0 radical (unpaired) electrons. The minimum absolute atomic E-state index is 0.0593. The van der Waals surface area contributed by atoms with Crippen LogP contribution in [0.1, 0.15) is 74.3 Å². The van der Waals surface area contributed by atoms with Gasteiger partial charge in [0.2, 0.25) is 11.8 Å². The number of alkyl halides is 2. The number of carbonyl (C=O) groups is 2. The summed E-state index contributed by atoms with van der Waals surface area (Å²) in [6.45, 7) is 5.22. The highest BCUT2D eigenvalue weighted by Crippen LogP contribution is 2.44. The number of primary amides is 1. The molecule has 0 bridgehead atoms. The van der Waals surface area contributed by atoms with Crippen LogP contribution in [0, 0.1) is 0 Å². The Morgan fingerprint density at radius 3 is 2.58 bits per heavy atom. The maximum atomic E-state index is 13.4. The number of halogens is 2. The van der Waals surface area contributed by atoms with Crippen molar-refractivity contribution in [1.82, 2.24) is 14.9 Å². The number of rotatable bonds is 11. The number of hydrogen-bond donors (Lipinski definition) is 2. The van der Waals surface area contributed by atoms with E-state index in [4.69, 9.17) is 15.2 Å². The third kappa shape index (κ3) is 6.56. The van der Waals surface area contributed by atoms with Gasteiger partial charge in [0.05, 0.1) is 28.5 Å². The number of nitrogens with one attached hydrogen (secondary N) is 1. The van der Waals surface area contributed by atoms with Crippen LogP contribution in [0.5, 0.6) is 5.75 Å². The van der Waals surface area contributed by atoms with Gasteiger partial charge in [0.1, 0.15) is 11.9 Å². The molecule has 2 saturated carbocycles. The minimum atomic E-state index is -2.95. The van der Waals surface area contributed by atoms with Crippen molar-refractivity contribution < 1.29 is 27.8 Å². The van der Waals surface area contributed by atoms with Gasteiger partial charge in [-0.1, -0.05) is 12.7 Å². The zero-order chi connectivity index (χ0) is 27.4. The maximum absolute atomic E-state index is 13.4. The molecule has 38 heavy (non-hydrogen) atoms. The predicted molar refractivity (Wildman–Crippen MR) is 138 cm³/mol. The Morgan fingerprint density at radius 1 is 1.26 bits per heavy atom. The minimum Gasteiger partial charge on any atom is -0.485 e. The number of pyridine rings is 1. The molecule has 2 heterocycles. The van der Waals surface area contributed by atoms with E-state index in [1.54, 1.807) is 23.6 Å². The van der Waals surface area contributed by atoms with Crippen molar-refractivity contribution in [3.05, 3.63) is 53.7 Å². The van der Waals surface area contributed by atoms with Crippen molar-refractivity contribution >= 4 is 23.5 Å². The molecule has 0 aliphatic heterocycles. The zero-order valence-corrected chi connectivity index (χ0v) is 21.6. The number of fused-ring (bicyclic) bond motifs is 1. The summed E-state index contributed by atoms with van der Waals surface area (Å²) in [5.74, 6) is -3.10. The number of amides is 2. The fourth-order valence-corrected chi connectivity index (χ4v) is 4.47. The number of nitrogens with zero attached hydrogens (tertiary/aromatic N) is 3. The van der Waals surface area contributed by atoms with Crippen molar-refractivity contribution in [2.75, 3.05) is 6.61 Å². The second-order valence-corrected chi connectivity index (χ2v) is 9.94. The summed E-state index contributed by atoms with van der Waals surface area (Å²) in [5, 5.41) is 7.48. The Hall–Kier alpha value is -3.76. The Bertz CT molecular complexity index is 1270. The van der Waals surface area contributed by atoms with Crippen molar-refractivity contribution in [1.29, 1.82) is 0 Å². The Morgan fingerprint density at radius 2 is 1.97 bits per heavy atom. The van der Waals surface area contributed by atoms with Crippen molar-refractivity contribution in [2.24, 2.45) is 10.7 Å². The van der Waals surface area contributed by atoms with E-state index in [-0.39, 0.29) is 35.4 Å². The second kappa shape index (κ2) is 11.3. The molecule has 2 amide bonds. The third-order valence-corrected chi connectivity index (χ3v) is 6.64. The summed E-state index contributed by atoms with van der Waals surface area (Å²) in [7, 11) is 0. The van der Waals surface area contributed by atoms with Crippen molar-refractivity contribution in [2.45, 2.75) is 76.4 Å². The number of carbonyl (C=O) groups excluding carboxylic acids is 2. The average molecular weight is 530 g/mol. The van der Waals surface area contributed by atoms with Crippen LogP contribution in [0.2, 0.25) is 0 Å². The summed E-state index contributed by atoms with van der Waals surface area (Å²) >= 11 is 0. The number of aliphatic imine (C=N–C) groups is 1. The molecule has 2 aromatic heterocycles. The third-order valence-electron chi connectivity index (χ3n) is 6.64. The van der Waals surface area contributed by atoms with Crippen molar-refractivity contribution in [3.63, 3.8) is 0 Å². The molecular formula is C27H33F2N5O4. The van der Waals surface area contributed by atoms with E-state index in [9.17, 15) is 18.4 Å². The van der Waals surface area contributed by atoms with Crippen LogP contribution in [0.4, 0.5) is 8.78 Å². The van der Waals surface area contributed by atoms with Gasteiger partial charge in [0.25, 0.3) is 11.8 Å². The number of ether oxygens (including phenoxy) is 2. The molecular weight excluding hydrogens is 496 g/mol. The molecule has 2 aliphatic carbocycles. The summed E-state index contributed by atoms with van der Waals surface area (Å²) < 4.78 is 39.7. The lowest BCUT2D eigenvalue weighted by Gasteiger charge is -2.29. The predicted octanol–water partition coefficient (Wildman–Crippen LogP) is 4.28. The first-order valence-corrected chi connectivity index (χ1v) is 12.7. The summed E-state index contributed by atoms with van der Waals surface area (Å²) in [5.41, 5.74) is 7.35. The highest BCUT2D eigenvalue weighted by Gasteiger charge is 2.33. The van der Waals surface area contributed by atoms with Crippen molar-refractivity contribution in [3.8, 4) is 5.75 Å². The lowest BCUT2D eigenvalue weighted by Crippen LogP contribution is -2.39.